The molecule has 4 atom stereocenters. The summed E-state index contributed by atoms with van der Waals surface area (Å²) < 4.78 is 5.63. The van der Waals surface area contributed by atoms with Crippen molar-refractivity contribution in [3.05, 3.63) is 35.1 Å². The molecule has 0 spiro atoms. The second-order valence-electron chi connectivity index (χ2n) is 8.95. The van der Waals surface area contributed by atoms with Crippen LogP contribution in [0, 0.1) is 16.7 Å². The first-order valence-electron chi connectivity index (χ1n) is 9.68. The molecular weight excluding hydrogens is 360 g/mol. The quantitative estimate of drug-likeness (QED) is 0.334. The molecule has 0 aromatic carbocycles. The topological polar surface area (TPSA) is 101 Å². The van der Waals surface area contributed by atoms with Crippen molar-refractivity contribution in [2.24, 2.45) is 16.7 Å². The average molecular weight is 388 g/mol. The molecule has 0 bridgehead atoms. The molecule has 3 aliphatic carbocycles. The second kappa shape index (κ2) is 6.69. The molecule has 1 fully saturated rings. The number of ketones is 2. The van der Waals surface area contributed by atoms with Crippen LogP contribution in [0.25, 0.3) is 0 Å². The lowest BCUT2D eigenvalue weighted by Gasteiger charge is -2.58. The number of esters is 1. The van der Waals surface area contributed by atoms with E-state index in [0.29, 0.717) is 24.0 Å². The Balaban J connectivity index is 2.26. The second-order valence-corrected chi connectivity index (χ2v) is 8.95. The van der Waals surface area contributed by atoms with Crippen LogP contribution in [0.15, 0.2) is 35.1 Å². The van der Waals surface area contributed by atoms with E-state index < -0.39 is 40.6 Å². The molecule has 0 heterocycles. The molecule has 0 aliphatic heterocycles. The van der Waals surface area contributed by atoms with Crippen LogP contribution in [-0.4, -0.2) is 40.0 Å². The number of rotatable bonds is 3. The summed E-state index contributed by atoms with van der Waals surface area (Å²) in [6, 6.07) is 0. The van der Waals surface area contributed by atoms with Gasteiger partial charge in [-0.3, -0.25) is 14.4 Å². The van der Waals surface area contributed by atoms with Gasteiger partial charge >= 0.3 is 5.97 Å². The van der Waals surface area contributed by atoms with E-state index in [4.69, 9.17) is 4.74 Å². The zero-order chi connectivity index (χ0) is 21.0. The Labute approximate surface area is 165 Å². The van der Waals surface area contributed by atoms with Gasteiger partial charge in [0.15, 0.2) is 0 Å². The van der Waals surface area contributed by atoms with Gasteiger partial charge in [-0.2, -0.15) is 0 Å². The van der Waals surface area contributed by atoms with E-state index in [9.17, 15) is 24.6 Å². The molecule has 28 heavy (non-hydrogen) atoms. The summed E-state index contributed by atoms with van der Waals surface area (Å²) in [5, 5.41) is 21.5. The Morgan fingerprint density at radius 2 is 1.93 bits per heavy atom. The average Bonchev–Trinajstić information content (AvgIpc) is 2.59. The highest BCUT2D eigenvalue weighted by Gasteiger charge is 2.61. The standard InChI is InChI=1S/C22H28O6/c1-6-7-12-17(25)13-10-14(28-11(2)23)20-21(3,4)15(24)8-9-22(20,5)16(13)19(27)18(12)26/h6,14-15,20,24-25H,1,7-10H2,2-5H3. The van der Waals surface area contributed by atoms with Gasteiger partial charge in [-0.15, -0.1) is 6.58 Å². The largest absolute Gasteiger partial charge is 0.507 e. The smallest absolute Gasteiger partial charge is 0.302 e. The molecule has 0 saturated heterocycles. The highest BCUT2D eigenvalue weighted by Crippen LogP contribution is 2.61. The maximum Gasteiger partial charge on any atom is 0.302 e. The van der Waals surface area contributed by atoms with Gasteiger partial charge in [-0.1, -0.05) is 26.8 Å². The fourth-order valence-electron chi connectivity index (χ4n) is 5.74. The number of allylic oxidation sites excluding steroid dienone is 4. The monoisotopic (exact) mass is 388 g/mol. The van der Waals surface area contributed by atoms with Gasteiger partial charge in [-0.05, 0) is 24.7 Å². The lowest BCUT2D eigenvalue weighted by atomic mass is 9.47. The van der Waals surface area contributed by atoms with Crippen molar-refractivity contribution in [1.29, 1.82) is 0 Å². The number of fused-ring (bicyclic) bond motifs is 2. The summed E-state index contributed by atoms with van der Waals surface area (Å²) in [5.41, 5.74) is -0.695. The van der Waals surface area contributed by atoms with Crippen molar-refractivity contribution in [1.82, 2.24) is 0 Å². The zero-order valence-electron chi connectivity index (χ0n) is 16.9. The summed E-state index contributed by atoms with van der Waals surface area (Å²) in [4.78, 5) is 37.6. The van der Waals surface area contributed by atoms with Gasteiger partial charge in [0, 0.05) is 41.4 Å². The number of hydrogen-bond donors (Lipinski definition) is 2. The number of aliphatic hydroxyl groups excluding tert-OH is 2. The van der Waals surface area contributed by atoms with Crippen LogP contribution in [0.3, 0.4) is 0 Å². The fraction of sp³-hybridized carbons (Fsp3) is 0.591. The summed E-state index contributed by atoms with van der Waals surface area (Å²) >= 11 is 0. The third kappa shape index (κ3) is 2.77. The van der Waals surface area contributed by atoms with Crippen LogP contribution >= 0.6 is 0 Å². The first-order valence-corrected chi connectivity index (χ1v) is 9.68. The zero-order valence-corrected chi connectivity index (χ0v) is 16.9. The van der Waals surface area contributed by atoms with E-state index in [1.807, 2.05) is 20.8 Å². The predicted octanol–water partition coefficient (Wildman–Crippen LogP) is 2.96. The first-order chi connectivity index (χ1) is 13.0. The van der Waals surface area contributed by atoms with Crippen LogP contribution in [0.2, 0.25) is 0 Å². The Hall–Kier alpha value is -2.21. The Morgan fingerprint density at radius 1 is 1.29 bits per heavy atom. The van der Waals surface area contributed by atoms with Crippen molar-refractivity contribution < 1.29 is 29.3 Å². The van der Waals surface area contributed by atoms with E-state index in [1.165, 1.54) is 13.0 Å². The normalized spacial score (nSPS) is 34.7. The maximum atomic E-state index is 13.1. The Kier molecular flexibility index (Phi) is 4.90. The summed E-state index contributed by atoms with van der Waals surface area (Å²) in [5.74, 6) is -2.32. The third-order valence-corrected chi connectivity index (χ3v) is 6.88. The number of carbonyl (C=O) groups is 3. The predicted molar refractivity (Wildman–Crippen MR) is 102 cm³/mol. The van der Waals surface area contributed by atoms with Gasteiger partial charge < -0.3 is 14.9 Å². The van der Waals surface area contributed by atoms with E-state index >= 15 is 0 Å². The van der Waals surface area contributed by atoms with E-state index in [0.717, 1.165) is 0 Å². The summed E-state index contributed by atoms with van der Waals surface area (Å²) in [6.45, 7) is 10.6. The molecule has 6 heteroatoms. The molecule has 2 N–H and O–H groups in total. The highest BCUT2D eigenvalue weighted by atomic mass is 16.5. The SMILES string of the molecule is C=CCC1=C(O)C2=C(C(=O)C1=O)C1(C)CCC(O)C(C)(C)C1C(OC(C)=O)C2. The van der Waals surface area contributed by atoms with Crippen molar-refractivity contribution in [2.75, 3.05) is 0 Å². The molecule has 0 radical (unpaired) electrons. The Bertz CT molecular complexity index is 830. The van der Waals surface area contributed by atoms with E-state index in [1.54, 1.807) is 0 Å². The van der Waals surface area contributed by atoms with Gasteiger partial charge in [0.25, 0.3) is 0 Å². The number of aliphatic hydroxyl groups is 2. The first kappa shape index (κ1) is 20.5. The van der Waals surface area contributed by atoms with Crippen molar-refractivity contribution in [3.63, 3.8) is 0 Å². The molecular formula is C22H28O6. The van der Waals surface area contributed by atoms with Gasteiger partial charge in [0.2, 0.25) is 11.6 Å². The van der Waals surface area contributed by atoms with Crippen LogP contribution in [-0.2, 0) is 19.1 Å². The fourth-order valence-corrected chi connectivity index (χ4v) is 5.74. The third-order valence-electron chi connectivity index (χ3n) is 6.88. The van der Waals surface area contributed by atoms with Crippen LogP contribution in [0.5, 0.6) is 0 Å². The van der Waals surface area contributed by atoms with Gasteiger partial charge in [0.05, 0.1) is 6.10 Å². The molecule has 0 amide bonds. The highest BCUT2D eigenvalue weighted by molar-refractivity contribution is 6.50. The maximum absolute atomic E-state index is 13.1. The number of ether oxygens (including phenoxy) is 1. The van der Waals surface area contributed by atoms with Crippen molar-refractivity contribution in [2.45, 2.75) is 65.6 Å². The van der Waals surface area contributed by atoms with E-state index in [-0.39, 0.29) is 30.1 Å². The molecule has 152 valence electrons. The molecule has 4 unspecified atom stereocenters. The lowest BCUT2D eigenvalue weighted by molar-refractivity contribution is -0.173. The van der Waals surface area contributed by atoms with Crippen LogP contribution < -0.4 is 0 Å². The van der Waals surface area contributed by atoms with Gasteiger partial charge in [-0.25, -0.2) is 0 Å². The molecule has 3 aliphatic rings. The minimum Gasteiger partial charge on any atom is -0.507 e. The number of hydrogen-bond acceptors (Lipinski definition) is 6. The van der Waals surface area contributed by atoms with Crippen molar-refractivity contribution in [3.8, 4) is 0 Å². The number of carbonyl (C=O) groups excluding carboxylic acids is 3. The molecule has 6 nitrogen and oxygen atoms in total. The van der Waals surface area contributed by atoms with Crippen molar-refractivity contribution >= 4 is 17.5 Å². The van der Waals surface area contributed by atoms with Crippen LogP contribution in [0.1, 0.15) is 53.4 Å². The molecule has 1 saturated carbocycles. The minimum absolute atomic E-state index is 0.0393. The molecule has 0 aromatic heterocycles. The van der Waals surface area contributed by atoms with Crippen LogP contribution in [0.4, 0.5) is 0 Å². The van der Waals surface area contributed by atoms with Gasteiger partial charge in [0.1, 0.15) is 11.9 Å². The Morgan fingerprint density at radius 3 is 2.50 bits per heavy atom. The lowest BCUT2D eigenvalue weighted by Crippen LogP contribution is -2.59. The van der Waals surface area contributed by atoms with E-state index in [2.05, 4.69) is 6.58 Å². The summed E-state index contributed by atoms with van der Waals surface area (Å²) in [6.07, 6.45) is 1.38. The number of Topliss-reactive ketones (excluding diaryl/α,β-unsaturated/α-hetero) is 2. The molecule has 3 rings (SSSR count). The molecule has 0 aromatic rings. The minimum atomic E-state index is -0.795. The summed E-state index contributed by atoms with van der Waals surface area (Å²) in [7, 11) is 0.